The molecule has 3 aliphatic heterocycles. The van der Waals surface area contributed by atoms with Gasteiger partial charge in [0.25, 0.3) is 0 Å². The van der Waals surface area contributed by atoms with Gasteiger partial charge in [-0.3, -0.25) is 4.90 Å². The minimum Gasteiger partial charge on any atom is -0.381 e. The van der Waals surface area contributed by atoms with E-state index in [1.165, 1.54) is 19.1 Å². The van der Waals surface area contributed by atoms with Gasteiger partial charge in [0.1, 0.15) is 11.3 Å². The molecule has 2 aromatic carbocycles. The van der Waals surface area contributed by atoms with Crippen molar-refractivity contribution in [2.45, 2.75) is 55.0 Å². The van der Waals surface area contributed by atoms with E-state index in [4.69, 9.17) is 4.74 Å². The van der Waals surface area contributed by atoms with Crippen LogP contribution in [0.5, 0.6) is 0 Å². The van der Waals surface area contributed by atoms with Crippen LogP contribution < -0.4 is 5.32 Å². The number of nitrogens with one attached hydrogen (secondary N) is 2. The number of hydrogen-bond donors (Lipinski definition) is 2. The van der Waals surface area contributed by atoms with Crippen molar-refractivity contribution in [1.82, 2.24) is 20.2 Å². The summed E-state index contributed by atoms with van der Waals surface area (Å²) < 4.78 is 45.0. The zero-order chi connectivity index (χ0) is 25.6. The predicted molar refractivity (Wildman–Crippen MR) is 142 cm³/mol. The maximum absolute atomic E-state index is 15.9. The maximum Gasteiger partial charge on any atom is 0.175 e. The number of aromatic nitrogens is 2. The van der Waals surface area contributed by atoms with Crippen LogP contribution in [-0.4, -0.2) is 74.5 Å². The van der Waals surface area contributed by atoms with Crippen molar-refractivity contribution in [2.24, 2.45) is 5.92 Å². The molecular weight excluding hydrogens is 491 g/mol. The summed E-state index contributed by atoms with van der Waals surface area (Å²) in [6.07, 6.45) is 6.60. The number of halogens is 1. The van der Waals surface area contributed by atoms with Crippen molar-refractivity contribution < 1.29 is 17.5 Å². The van der Waals surface area contributed by atoms with Crippen LogP contribution >= 0.6 is 0 Å². The van der Waals surface area contributed by atoms with Crippen molar-refractivity contribution in [2.75, 3.05) is 39.1 Å². The molecule has 3 aliphatic rings. The van der Waals surface area contributed by atoms with Gasteiger partial charge in [-0.25, -0.2) is 17.8 Å². The molecule has 2 N–H and O–H groups in total. The summed E-state index contributed by atoms with van der Waals surface area (Å²) in [6.45, 7) is 4.86. The summed E-state index contributed by atoms with van der Waals surface area (Å²) in [4.78, 5) is 10.7. The average molecular weight is 527 g/mol. The molecule has 37 heavy (non-hydrogen) atoms. The highest BCUT2D eigenvalue weighted by Crippen LogP contribution is 2.39. The molecule has 2 atom stereocenters. The van der Waals surface area contributed by atoms with Gasteiger partial charge in [-0.2, -0.15) is 0 Å². The fourth-order valence-corrected chi connectivity index (χ4v) is 7.01. The van der Waals surface area contributed by atoms with E-state index >= 15 is 4.39 Å². The Balaban J connectivity index is 1.25. The lowest BCUT2D eigenvalue weighted by Gasteiger charge is -2.47. The monoisotopic (exact) mass is 526 g/mol. The minimum atomic E-state index is -3.28. The predicted octanol–water partition coefficient (Wildman–Crippen LogP) is 4.11. The number of hydrogen-bond acceptors (Lipinski definition) is 6. The molecule has 7 nitrogen and oxygen atoms in total. The standard InChI is InChI=1S/C28H35FN4O3S/c1-37(34,35)23-4-2-19(3-5-23)28-31-25-7-6-24(26(29)27(25)32-28)20-10-13-33(21-8-11-30-12-9-21)22(15-20)14-18-16-36-17-18/h2-7,18,20-22,30H,8-17H2,1H3,(H,31,32)/t20?,22-/m0/s1. The third-order valence-corrected chi connectivity index (χ3v) is 9.60. The largest absolute Gasteiger partial charge is 0.381 e. The quantitative estimate of drug-likeness (QED) is 0.503. The molecule has 0 aliphatic carbocycles. The minimum absolute atomic E-state index is 0.175. The summed E-state index contributed by atoms with van der Waals surface area (Å²) in [6, 6.07) is 11.4. The van der Waals surface area contributed by atoms with Gasteiger partial charge >= 0.3 is 0 Å². The summed E-state index contributed by atoms with van der Waals surface area (Å²) in [5.74, 6) is 1.11. The van der Waals surface area contributed by atoms with Crippen LogP contribution in [-0.2, 0) is 14.6 Å². The molecule has 0 radical (unpaired) electrons. The van der Waals surface area contributed by atoms with Crippen LogP contribution in [0.4, 0.5) is 4.39 Å². The van der Waals surface area contributed by atoms with Crippen LogP contribution in [0.25, 0.3) is 22.4 Å². The van der Waals surface area contributed by atoms with E-state index in [9.17, 15) is 8.42 Å². The summed E-state index contributed by atoms with van der Waals surface area (Å²) in [7, 11) is -3.28. The van der Waals surface area contributed by atoms with Crippen LogP contribution in [0.3, 0.4) is 0 Å². The van der Waals surface area contributed by atoms with Gasteiger partial charge in [0.2, 0.25) is 0 Å². The van der Waals surface area contributed by atoms with E-state index in [-0.39, 0.29) is 16.6 Å². The van der Waals surface area contributed by atoms with Crippen LogP contribution in [0.2, 0.25) is 0 Å². The molecule has 1 aromatic heterocycles. The molecule has 3 fully saturated rings. The number of benzene rings is 2. The second-order valence-electron chi connectivity index (χ2n) is 11.0. The lowest BCUT2D eigenvalue weighted by molar-refractivity contribution is -0.0566. The average Bonchev–Trinajstić information content (AvgIpc) is 3.32. The lowest BCUT2D eigenvalue weighted by atomic mass is 9.80. The molecule has 4 heterocycles. The molecule has 0 saturated carbocycles. The number of piperidine rings is 2. The van der Waals surface area contributed by atoms with Crippen molar-refractivity contribution in [3.05, 3.63) is 47.8 Å². The molecule has 3 aromatic rings. The third kappa shape index (κ3) is 5.06. The van der Waals surface area contributed by atoms with E-state index < -0.39 is 9.84 Å². The van der Waals surface area contributed by atoms with Crippen LogP contribution in [0, 0.1) is 11.7 Å². The zero-order valence-electron chi connectivity index (χ0n) is 21.2. The van der Waals surface area contributed by atoms with Gasteiger partial charge in [-0.1, -0.05) is 6.07 Å². The Morgan fingerprint density at radius 2 is 1.84 bits per heavy atom. The van der Waals surface area contributed by atoms with E-state index in [0.29, 0.717) is 34.9 Å². The Kier molecular flexibility index (Phi) is 6.81. The Labute approximate surface area is 217 Å². The van der Waals surface area contributed by atoms with E-state index in [1.807, 2.05) is 12.1 Å². The van der Waals surface area contributed by atoms with Gasteiger partial charge in [-0.15, -0.1) is 0 Å². The summed E-state index contributed by atoms with van der Waals surface area (Å²) in [5, 5.41) is 3.48. The van der Waals surface area contributed by atoms with E-state index in [1.54, 1.807) is 24.3 Å². The molecule has 198 valence electrons. The van der Waals surface area contributed by atoms with Gasteiger partial charge in [0.05, 0.1) is 23.6 Å². The number of imidazole rings is 1. The van der Waals surface area contributed by atoms with E-state index in [0.717, 1.165) is 63.2 Å². The second kappa shape index (κ2) is 10.1. The SMILES string of the molecule is CS(=O)(=O)c1ccc(-c2nc3ccc(C4CCN(C5CCNCC5)[C@@H](CC5COC5)C4)c(F)c3[nH]2)cc1. The van der Waals surface area contributed by atoms with Crippen LogP contribution in [0.15, 0.2) is 41.3 Å². The molecule has 1 unspecified atom stereocenters. The number of nitrogens with zero attached hydrogens (tertiary/aromatic N) is 2. The Morgan fingerprint density at radius 1 is 1.08 bits per heavy atom. The Hall–Kier alpha value is -2.33. The zero-order valence-corrected chi connectivity index (χ0v) is 22.1. The first-order valence-corrected chi connectivity index (χ1v) is 15.3. The molecule has 0 bridgehead atoms. The van der Waals surface area contributed by atoms with Gasteiger partial charge in [0, 0.05) is 29.8 Å². The van der Waals surface area contributed by atoms with Crippen molar-refractivity contribution in [1.29, 1.82) is 0 Å². The summed E-state index contributed by atoms with van der Waals surface area (Å²) in [5.41, 5.74) is 2.50. The van der Waals surface area contributed by atoms with Crippen molar-refractivity contribution >= 4 is 20.9 Å². The number of rotatable bonds is 6. The first-order chi connectivity index (χ1) is 17.9. The molecule has 0 amide bonds. The number of sulfone groups is 1. The first-order valence-electron chi connectivity index (χ1n) is 13.4. The highest BCUT2D eigenvalue weighted by Gasteiger charge is 2.37. The topological polar surface area (TPSA) is 87.3 Å². The number of fused-ring (bicyclic) bond motifs is 1. The van der Waals surface area contributed by atoms with Gasteiger partial charge < -0.3 is 15.0 Å². The normalized spacial score (nSPS) is 24.4. The highest BCUT2D eigenvalue weighted by atomic mass is 32.2. The van der Waals surface area contributed by atoms with E-state index in [2.05, 4.69) is 20.2 Å². The highest BCUT2D eigenvalue weighted by molar-refractivity contribution is 7.90. The smallest absolute Gasteiger partial charge is 0.175 e. The van der Waals surface area contributed by atoms with Gasteiger partial charge in [-0.05, 0) is 93.6 Å². The fourth-order valence-electron chi connectivity index (χ4n) is 6.38. The van der Waals surface area contributed by atoms with Crippen molar-refractivity contribution in [3.63, 3.8) is 0 Å². The molecule has 0 spiro atoms. The molecule has 6 rings (SSSR count). The Bertz CT molecular complexity index is 1360. The summed E-state index contributed by atoms with van der Waals surface area (Å²) >= 11 is 0. The lowest BCUT2D eigenvalue weighted by Crippen LogP contribution is -2.52. The number of ether oxygens (including phenoxy) is 1. The number of aromatic amines is 1. The third-order valence-electron chi connectivity index (χ3n) is 8.47. The number of likely N-dealkylation sites (tertiary alicyclic amines) is 1. The molecule has 3 saturated heterocycles. The fraction of sp³-hybridized carbons (Fsp3) is 0.536. The van der Waals surface area contributed by atoms with Crippen molar-refractivity contribution in [3.8, 4) is 11.4 Å². The molecule has 9 heteroatoms. The second-order valence-corrected chi connectivity index (χ2v) is 13.0. The van der Waals surface area contributed by atoms with Crippen LogP contribution in [0.1, 0.15) is 43.6 Å². The number of H-pyrrole nitrogens is 1. The van der Waals surface area contributed by atoms with Gasteiger partial charge in [0.15, 0.2) is 15.7 Å². The maximum atomic E-state index is 15.9. The Morgan fingerprint density at radius 3 is 2.51 bits per heavy atom. The first kappa shape index (κ1) is 25.0. The molecular formula is C28H35FN4O3S.